The summed E-state index contributed by atoms with van der Waals surface area (Å²) in [5, 5.41) is 9.85. The first-order valence-electron chi connectivity index (χ1n) is 4.92. The van der Waals surface area contributed by atoms with E-state index in [0.29, 0.717) is 5.69 Å². The maximum atomic E-state index is 10.9. The predicted octanol–water partition coefficient (Wildman–Crippen LogP) is 3.07. The summed E-state index contributed by atoms with van der Waals surface area (Å²) in [5.74, 6) is -0.989. The number of aromatic carboxylic acids is 1. The van der Waals surface area contributed by atoms with Gasteiger partial charge in [-0.25, -0.2) is 4.79 Å². The molecule has 3 N–H and O–H groups in total. The SMILES string of the molecule is Cc1cc(C=CCCBr)c(N)c(C(=O)O)c1. The van der Waals surface area contributed by atoms with Crippen molar-refractivity contribution in [1.29, 1.82) is 0 Å². The molecule has 0 aliphatic carbocycles. The third kappa shape index (κ3) is 3.10. The first kappa shape index (κ1) is 12.8. The Labute approximate surface area is 103 Å². The Morgan fingerprint density at radius 1 is 1.56 bits per heavy atom. The molecule has 16 heavy (non-hydrogen) atoms. The van der Waals surface area contributed by atoms with Crippen molar-refractivity contribution in [3.8, 4) is 0 Å². The summed E-state index contributed by atoms with van der Waals surface area (Å²) in [6.07, 6.45) is 4.71. The Kier molecular flexibility index (Phi) is 4.55. The highest BCUT2D eigenvalue weighted by molar-refractivity contribution is 9.09. The monoisotopic (exact) mass is 283 g/mol. The van der Waals surface area contributed by atoms with Crippen molar-refractivity contribution in [2.75, 3.05) is 11.1 Å². The van der Waals surface area contributed by atoms with Crippen LogP contribution in [0.4, 0.5) is 5.69 Å². The van der Waals surface area contributed by atoms with Gasteiger partial charge in [0.25, 0.3) is 0 Å². The van der Waals surface area contributed by atoms with Gasteiger partial charge in [0.1, 0.15) is 0 Å². The fourth-order valence-electron chi connectivity index (χ4n) is 1.41. The van der Waals surface area contributed by atoms with Gasteiger partial charge in [0.2, 0.25) is 0 Å². The van der Waals surface area contributed by atoms with E-state index in [1.165, 1.54) is 0 Å². The minimum Gasteiger partial charge on any atom is -0.478 e. The van der Waals surface area contributed by atoms with E-state index in [9.17, 15) is 4.79 Å². The summed E-state index contributed by atoms with van der Waals surface area (Å²) < 4.78 is 0. The minimum atomic E-state index is -0.989. The molecule has 0 bridgehead atoms. The van der Waals surface area contributed by atoms with Crippen molar-refractivity contribution in [3.05, 3.63) is 34.9 Å². The Hall–Kier alpha value is -1.29. The summed E-state index contributed by atoms with van der Waals surface area (Å²) in [5.41, 5.74) is 7.94. The van der Waals surface area contributed by atoms with Crippen LogP contribution in [0, 0.1) is 6.92 Å². The fraction of sp³-hybridized carbons (Fsp3) is 0.250. The first-order valence-corrected chi connectivity index (χ1v) is 6.04. The van der Waals surface area contributed by atoms with Gasteiger partial charge in [0.15, 0.2) is 0 Å². The molecule has 0 radical (unpaired) electrons. The zero-order valence-corrected chi connectivity index (χ0v) is 10.6. The molecule has 4 heteroatoms. The molecule has 0 aliphatic rings. The molecule has 0 atom stereocenters. The van der Waals surface area contributed by atoms with Crippen molar-refractivity contribution in [1.82, 2.24) is 0 Å². The number of allylic oxidation sites excluding steroid dienone is 1. The average Bonchev–Trinajstić information content (AvgIpc) is 2.22. The van der Waals surface area contributed by atoms with Gasteiger partial charge < -0.3 is 10.8 Å². The fourth-order valence-corrected chi connectivity index (χ4v) is 1.68. The predicted molar refractivity (Wildman–Crippen MR) is 70.0 cm³/mol. The van der Waals surface area contributed by atoms with E-state index in [0.717, 1.165) is 22.9 Å². The standard InChI is InChI=1S/C12H14BrNO2/c1-8-6-9(4-2-3-5-13)11(14)10(7-8)12(15)16/h2,4,6-7H,3,5,14H2,1H3,(H,15,16). The highest BCUT2D eigenvalue weighted by Gasteiger charge is 2.10. The second-order valence-corrected chi connectivity index (χ2v) is 4.29. The molecule has 86 valence electrons. The number of rotatable bonds is 4. The van der Waals surface area contributed by atoms with Crippen molar-refractivity contribution in [2.24, 2.45) is 0 Å². The molecular formula is C12H14BrNO2. The van der Waals surface area contributed by atoms with Crippen LogP contribution in [0.3, 0.4) is 0 Å². The van der Waals surface area contributed by atoms with E-state index < -0.39 is 5.97 Å². The van der Waals surface area contributed by atoms with E-state index in [4.69, 9.17) is 10.8 Å². The molecule has 0 fully saturated rings. The molecule has 3 nitrogen and oxygen atoms in total. The quantitative estimate of drug-likeness (QED) is 0.659. The number of alkyl halides is 1. The number of nitrogens with two attached hydrogens (primary N) is 1. The number of benzene rings is 1. The molecule has 1 aromatic rings. The van der Waals surface area contributed by atoms with E-state index in [-0.39, 0.29) is 5.56 Å². The topological polar surface area (TPSA) is 63.3 Å². The number of carboxylic acids is 1. The Morgan fingerprint density at radius 3 is 2.81 bits per heavy atom. The summed E-state index contributed by atoms with van der Waals surface area (Å²) in [7, 11) is 0. The lowest BCUT2D eigenvalue weighted by Crippen LogP contribution is -2.04. The van der Waals surface area contributed by atoms with Gasteiger partial charge in [-0.05, 0) is 36.6 Å². The Bertz CT molecular complexity index is 427. The smallest absolute Gasteiger partial charge is 0.337 e. The molecule has 0 spiro atoms. The molecule has 0 amide bonds. The van der Waals surface area contributed by atoms with Crippen LogP contribution < -0.4 is 5.73 Å². The van der Waals surface area contributed by atoms with Crippen LogP contribution in [0.5, 0.6) is 0 Å². The van der Waals surface area contributed by atoms with Gasteiger partial charge in [0.05, 0.1) is 11.3 Å². The third-order valence-corrected chi connectivity index (χ3v) is 2.62. The van der Waals surface area contributed by atoms with Gasteiger partial charge in [-0.15, -0.1) is 0 Å². The average molecular weight is 284 g/mol. The number of carbonyl (C=O) groups is 1. The molecular weight excluding hydrogens is 270 g/mol. The van der Waals surface area contributed by atoms with Crippen LogP contribution >= 0.6 is 15.9 Å². The number of anilines is 1. The lowest BCUT2D eigenvalue weighted by Gasteiger charge is -2.06. The van der Waals surface area contributed by atoms with E-state index >= 15 is 0 Å². The Balaban J connectivity index is 3.14. The number of hydrogen-bond acceptors (Lipinski definition) is 2. The summed E-state index contributed by atoms with van der Waals surface area (Å²) >= 11 is 3.32. The zero-order chi connectivity index (χ0) is 12.1. The van der Waals surface area contributed by atoms with Crippen molar-refractivity contribution < 1.29 is 9.90 Å². The highest BCUT2D eigenvalue weighted by Crippen LogP contribution is 2.21. The Morgan fingerprint density at radius 2 is 2.25 bits per heavy atom. The second-order valence-electron chi connectivity index (χ2n) is 3.50. The van der Waals surface area contributed by atoms with Gasteiger partial charge in [0, 0.05) is 5.33 Å². The van der Waals surface area contributed by atoms with E-state index in [2.05, 4.69) is 15.9 Å². The first-order chi connectivity index (χ1) is 7.56. The summed E-state index contributed by atoms with van der Waals surface area (Å²) in [6, 6.07) is 3.46. The normalized spacial score (nSPS) is 10.9. The van der Waals surface area contributed by atoms with Crippen LogP contribution in [0.2, 0.25) is 0 Å². The van der Waals surface area contributed by atoms with Gasteiger partial charge >= 0.3 is 5.97 Å². The van der Waals surface area contributed by atoms with Crippen LogP contribution in [-0.2, 0) is 0 Å². The van der Waals surface area contributed by atoms with Crippen LogP contribution in [0.1, 0.15) is 27.9 Å². The molecule has 0 saturated heterocycles. The summed E-state index contributed by atoms with van der Waals surface area (Å²) in [4.78, 5) is 10.9. The second kappa shape index (κ2) is 5.70. The van der Waals surface area contributed by atoms with E-state index in [1.807, 2.05) is 25.1 Å². The lowest BCUT2D eigenvalue weighted by atomic mass is 10.0. The largest absolute Gasteiger partial charge is 0.478 e. The van der Waals surface area contributed by atoms with Crippen LogP contribution in [-0.4, -0.2) is 16.4 Å². The van der Waals surface area contributed by atoms with Crippen molar-refractivity contribution in [2.45, 2.75) is 13.3 Å². The molecule has 1 aromatic carbocycles. The third-order valence-electron chi connectivity index (χ3n) is 2.16. The number of halogens is 1. The zero-order valence-electron chi connectivity index (χ0n) is 9.03. The summed E-state index contributed by atoms with van der Waals surface area (Å²) in [6.45, 7) is 1.85. The molecule has 1 rings (SSSR count). The molecule has 0 heterocycles. The van der Waals surface area contributed by atoms with Crippen LogP contribution in [0.15, 0.2) is 18.2 Å². The van der Waals surface area contributed by atoms with Crippen molar-refractivity contribution in [3.63, 3.8) is 0 Å². The van der Waals surface area contributed by atoms with Crippen molar-refractivity contribution >= 4 is 33.7 Å². The van der Waals surface area contributed by atoms with Gasteiger partial charge in [-0.3, -0.25) is 0 Å². The number of carboxylic acid groups (broad SMARTS) is 1. The minimum absolute atomic E-state index is 0.165. The van der Waals surface area contributed by atoms with Gasteiger partial charge in [-0.1, -0.05) is 28.1 Å². The maximum absolute atomic E-state index is 10.9. The van der Waals surface area contributed by atoms with E-state index in [1.54, 1.807) is 6.07 Å². The highest BCUT2D eigenvalue weighted by atomic mass is 79.9. The van der Waals surface area contributed by atoms with Crippen LogP contribution in [0.25, 0.3) is 6.08 Å². The number of hydrogen-bond donors (Lipinski definition) is 2. The number of aryl methyl sites for hydroxylation is 1. The lowest BCUT2D eigenvalue weighted by molar-refractivity contribution is 0.0698. The van der Waals surface area contributed by atoms with Gasteiger partial charge in [-0.2, -0.15) is 0 Å². The molecule has 0 aromatic heterocycles. The maximum Gasteiger partial charge on any atom is 0.337 e. The number of nitrogen functional groups attached to an aromatic ring is 1. The molecule has 0 aliphatic heterocycles. The molecule has 0 unspecified atom stereocenters. The molecule has 0 saturated carbocycles.